The summed E-state index contributed by atoms with van der Waals surface area (Å²) in [5, 5.41) is 0. The van der Waals surface area contributed by atoms with Crippen LogP contribution in [0.3, 0.4) is 0 Å². The second-order valence-corrected chi connectivity index (χ2v) is 6.28. The van der Waals surface area contributed by atoms with Crippen LogP contribution in [0.5, 0.6) is 0 Å². The first-order valence-electron chi connectivity index (χ1n) is 3.40. The van der Waals surface area contributed by atoms with Crippen molar-refractivity contribution in [2.75, 3.05) is 21.1 Å². The van der Waals surface area contributed by atoms with Gasteiger partial charge in [0.25, 0.3) is 0 Å². The van der Waals surface area contributed by atoms with Crippen LogP contribution in [0.15, 0.2) is 4.63 Å². The maximum absolute atomic E-state index is 3.99. The molecule has 0 saturated carbocycles. The van der Waals surface area contributed by atoms with E-state index in [-0.39, 0.29) is 24.9 Å². The topological polar surface area (TPSA) is 15.6 Å². The van der Waals surface area contributed by atoms with Gasteiger partial charge >= 0.3 is 0 Å². The normalized spacial score (nSPS) is 6.92. The summed E-state index contributed by atoms with van der Waals surface area (Å²) >= 11 is 0. The minimum Gasteiger partial charge on any atom is -0.341 e. The smallest absolute Gasteiger partial charge is 0.114 e. The van der Waals surface area contributed by atoms with Crippen molar-refractivity contribution in [2.45, 2.75) is 34.5 Å². The van der Waals surface area contributed by atoms with Gasteiger partial charge in [0.2, 0.25) is 0 Å². The summed E-state index contributed by atoms with van der Waals surface area (Å²) in [6.07, 6.45) is 0. The predicted molar refractivity (Wildman–Crippen MR) is 68.1 cm³/mol. The molecular weight excluding hydrogens is 180 g/mol. The largest absolute Gasteiger partial charge is 0.341 e. The monoisotopic (exact) mass is 210 g/mol. The first-order chi connectivity index (χ1) is 4.54. The Morgan fingerprint density at radius 2 is 1.42 bits per heavy atom. The fourth-order valence-electron chi connectivity index (χ4n) is 0. The molecule has 0 aliphatic heterocycles. The average molecular weight is 211 g/mol. The van der Waals surface area contributed by atoms with Crippen LogP contribution in [0.1, 0.15) is 16.3 Å². The molecule has 0 fully saturated rings. The van der Waals surface area contributed by atoms with Gasteiger partial charge in [-0.05, 0) is 27.2 Å². The van der Waals surface area contributed by atoms with Crippen molar-refractivity contribution in [1.29, 1.82) is 0 Å². The van der Waals surface area contributed by atoms with Gasteiger partial charge in [-0.2, -0.15) is 0 Å². The zero-order valence-corrected chi connectivity index (χ0v) is 10.1. The second-order valence-electron chi connectivity index (χ2n) is 2.39. The van der Waals surface area contributed by atoms with Crippen molar-refractivity contribution in [3.05, 3.63) is 0 Å². The summed E-state index contributed by atoms with van der Waals surface area (Å²) < 4.78 is 6.20. The molecule has 12 heavy (non-hydrogen) atoms. The van der Waals surface area contributed by atoms with E-state index >= 15 is 0 Å². The van der Waals surface area contributed by atoms with Crippen molar-refractivity contribution < 1.29 is 1.43 Å². The highest BCUT2D eigenvalue weighted by molar-refractivity contribution is 6.42. The van der Waals surface area contributed by atoms with E-state index in [1.54, 1.807) is 0 Å². The standard InChI is InChI=1S/C3H9NSi.C3H10NSi.2CH4.H2/c1-4-5(2)3;1-4(2)5-3;;;/h1-3H3;5H,1-3H3;2*1H4;1H/i;;;;1+1. The lowest BCUT2D eigenvalue weighted by atomic mass is 11.3. The van der Waals surface area contributed by atoms with Crippen LogP contribution in [0, 0.1) is 0 Å². The van der Waals surface area contributed by atoms with Crippen LogP contribution in [-0.4, -0.2) is 44.0 Å². The molecule has 0 saturated heterocycles. The van der Waals surface area contributed by atoms with Gasteiger partial charge < -0.3 is 9.20 Å². The quantitative estimate of drug-likeness (QED) is 0.608. The molecule has 0 N–H and O–H groups in total. The van der Waals surface area contributed by atoms with Crippen LogP contribution in [0.25, 0.3) is 0 Å². The van der Waals surface area contributed by atoms with E-state index in [0.717, 1.165) is 0 Å². The van der Waals surface area contributed by atoms with Gasteiger partial charge in [-0.15, -0.1) is 0 Å². The van der Waals surface area contributed by atoms with E-state index < -0.39 is 0 Å². The molecule has 0 unspecified atom stereocenters. The van der Waals surface area contributed by atoms with Crippen LogP contribution < -0.4 is 0 Å². The minimum atomic E-state index is -0.249. The molecule has 0 bridgehead atoms. The first-order valence-corrected chi connectivity index (χ1v) is 7.52. The summed E-state index contributed by atoms with van der Waals surface area (Å²) in [5.41, 5.74) is 0. The Balaban J connectivity index is -0.0000000267. The van der Waals surface area contributed by atoms with Gasteiger partial charge in [0.15, 0.2) is 0 Å². The minimum absolute atomic E-state index is 0. The predicted octanol–water partition coefficient (Wildman–Crippen LogP) is 2.60. The fraction of sp³-hybridized carbons (Fsp3) is 1.00. The highest BCUT2D eigenvalue weighted by Crippen LogP contribution is 1.62. The van der Waals surface area contributed by atoms with Crippen molar-refractivity contribution in [1.82, 2.24) is 4.57 Å². The van der Waals surface area contributed by atoms with Crippen molar-refractivity contribution in [3.63, 3.8) is 0 Å². The Bertz CT molecular complexity index is 94.1. The van der Waals surface area contributed by atoms with Gasteiger partial charge in [-0.1, -0.05) is 21.4 Å². The molecule has 4 heteroatoms. The third-order valence-corrected chi connectivity index (χ3v) is 2.89. The molecule has 0 rings (SSSR count). The Morgan fingerprint density at radius 1 is 1.25 bits per heavy atom. The number of nitrogens with zero attached hydrogens (tertiary/aromatic N) is 2. The molecule has 0 heterocycles. The fourth-order valence-corrected chi connectivity index (χ4v) is 0. The summed E-state index contributed by atoms with van der Waals surface area (Å²) in [7, 11) is 6.37. The van der Waals surface area contributed by atoms with Crippen molar-refractivity contribution in [2.24, 2.45) is 4.63 Å². The molecule has 0 aromatic carbocycles. The molecule has 1 radical (unpaired) electrons. The van der Waals surface area contributed by atoms with Crippen LogP contribution >= 0.6 is 0 Å². The van der Waals surface area contributed by atoms with E-state index in [1.165, 1.54) is 0 Å². The summed E-state index contributed by atoms with van der Waals surface area (Å²) in [4.78, 5) is 0. The number of hydrogen-bond donors (Lipinski definition) is 0. The van der Waals surface area contributed by atoms with E-state index in [9.17, 15) is 0 Å². The highest BCUT2D eigenvalue weighted by Gasteiger charge is 1.74. The molecule has 0 aromatic heterocycles. The van der Waals surface area contributed by atoms with Crippen LogP contribution in [0.4, 0.5) is 0 Å². The zero-order valence-electron chi connectivity index (χ0n) is 7.97. The van der Waals surface area contributed by atoms with Crippen molar-refractivity contribution >= 4 is 18.3 Å². The Hall–Kier alpha value is 0.194. The van der Waals surface area contributed by atoms with Crippen molar-refractivity contribution in [3.8, 4) is 0 Å². The SMILES string of the molecule is C.C.CN=[Si](C)C.C[SiH]N(C)C.[2HH]. The van der Waals surface area contributed by atoms with E-state index in [4.69, 9.17) is 0 Å². The molecule has 79 valence electrons. The van der Waals surface area contributed by atoms with E-state index in [0.29, 0.717) is 9.68 Å². The van der Waals surface area contributed by atoms with E-state index in [1.807, 2.05) is 7.05 Å². The van der Waals surface area contributed by atoms with Crippen LogP contribution in [-0.2, 0) is 0 Å². The summed E-state index contributed by atoms with van der Waals surface area (Å²) in [6, 6.07) is 0. The summed E-state index contributed by atoms with van der Waals surface area (Å²) in [5.74, 6) is 0. The molecular formula is C8H29N2Si2. The zero-order chi connectivity index (χ0) is 8.57. The molecule has 0 amide bonds. The lowest BCUT2D eigenvalue weighted by Gasteiger charge is -1.98. The Morgan fingerprint density at radius 3 is 1.42 bits per heavy atom. The van der Waals surface area contributed by atoms with Crippen LogP contribution in [0.2, 0.25) is 19.6 Å². The molecule has 0 spiro atoms. The maximum atomic E-state index is 3.99. The van der Waals surface area contributed by atoms with Gasteiger partial charge in [-0.25, -0.2) is 0 Å². The number of hydrogen-bond acceptors (Lipinski definition) is 2. The third kappa shape index (κ3) is 49.0. The lowest BCUT2D eigenvalue weighted by Crippen LogP contribution is -2.12. The van der Waals surface area contributed by atoms with E-state index in [2.05, 4.69) is 42.9 Å². The average Bonchev–Trinajstić information content (AvgIpc) is 1.89. The molecule has 0 atom stereocenters. The molecule has 0 aliphatic rings. The lowest BCUT2D eigenvalue weighted by molar-refractivity contribution is 0.665. The summed E-state index contributed by atoms with van der Waals surface area (Å²) in [6.45, 7) is 6.52. The van der Waals surface area contributed by atoms with Gasteiger partial charge in [0.05, 0.1) is 0 Å². The van der Waals surface area contributed by atoms with Gasteiger partial charge in [-0.3, -0.25) is 0 Å². The molecule has 0 aromatic rings. The Kier molecular flexibility index (Phi) is 32.9. The second kappa shape index (κ2) is 17.3. The Labute approximate surface area is 85.1 Å². The highest BCUT2D eigenvalue weighted by atomic mass is 28.2. The molecule has 2 nitrogen and oxygen atoms in total. The third-order valence-electron chi connectivity index (χ3n) is 0.964. The number of rotatable bonds is 1. The first kappa shape index (κ1) is 22.8. The van der Waals surface area contributed by atoms with Gasteiger partial charge in [0.1, 0.15) is 18.3 Å². The van der Waals surface area contributed by atoms with Gasteiger partial charge in [0, 0.05) is 8.47 Å². The maximum Gasteiger partial charge on any atom is 0.114 e. The molecule has 0 aliphatic carbocycles.